The van der Waals surface area contributed by atoms with Crippen molar-refractivity contribution in [3.8, 4) is 0 Å². The number of allylic oxidation sites excluding steroid dienone is 4. The Morgan fingerprint density at radius 1 is 0.481 bits per heavy atom. The van der Waals surface area contributed by atoms with Crippen molar-refractivity contribution in [3.05, 3.63) is 24.3 Å². The molecule has 0 aromatic rings. The molecule has 10 unspecified atom stereocenters. The molecule has 12 N–H and O–H groups in total. The third kappa shape index (κ3) is 26.2. The van der Waals surface area contributed by atoms with Crippen LogP contribution in [0.25, 0.3) is 0 Å². The number of unbranched alkanes of at least 4 members (excludes halogenated alkanes) is 20. The monoisotopic (exact) mass is 1160 g/mol. The molecular weight excluding hydrogens is 1060 g/mol. The molecule has 1 saturated carbocycles. The number of rotatable bonds is 42. The molecule has 0 radical (unpaired) electrons. The average Bonchev–Trinajstić information content (AvgIpc) is 3.57. The van der Waals surface area contributed by atoms with Crippen molar-refractivity contribution >= 4 is 19.8 Å². The number of hydrogen-bond acceptors (Lipinski definition) is 22. The van der Waals surface area contributed by atoms with Crippen LogP contribution in [0.4, 0.5) is 0 Å². The van der Waals surface area contributed by atoms with Crippen molar-refractivity contribution in [2.24, 2.45) is 0 Å². The number of phosphoric ester groups is 1. The quantitative estimate of drug-likeness (QED) is 0.0179. The maximum atomic E-state index is 14.0. The van der Waals surface area contributed by atoms with Crippen LogP contribution >= 0.6 is 7.82 Å². The van der Waals surface area contributed by atoms with E-state index in [1.165, 1.54) is 64.2 Å². The highest BCUT2D eigenvalue weighted by Gasteiger charge is 2.58. The lowest BCUT2D eigenvalue weighted by Crippen LogP contribution is -2.69. The van der Waals surface area contributed by atoms with Gasteiger partial charge in [0.15, 0.2) is 18.7 Å². The number of aliphatic hydroxyl groups is 11. The molecule has 0 aromatic carbocycles. The summed E-state index contributed by atoms with van der Waals surface area (Å²) in [5, 5.41) is 117. The molecule has 0 amide bonds. The molecule has 0 aromatic heterocycles. The Morgan fingerprint density at radius 2 is 0.873 bits per heavy atom. The highest BCUT2D eigenvalue weighted by Crippen LogP contribution is 2.49. The molecular formula is C55H99O23P. The molecule has 0 spiro atoms. The third-order valence-electron chi connectivity index (χ3n) is 14.5. The van der Waals surface area contributed by atoms with E-state index >= 15 is 0 Å². The fraction of sp³-hybridized carbons (Fsp3) is 0.891. The normalized spacial score (nSPS) is 31.6. The molecule has 2 aliphatic heterocycles. The van der Waals surface area contributed by atoms with E-state index in [1.54, 1.807) is 0 Å². The van der Waals surface area contributed by atoms with Gasteiger partial charge in [0.2, 0.25) is 0 Å². The summed E-state index contributed by atoms with van der Waals surface area (Å²) in [6, 6.07) is 0. The minimum atomic E-state index is -5.64. The average molecular weight is 1160 g/mol. The summed E-state index contributed by atoms with van der Waals surface area (Å²) in [5.41, 5.74) is 0. The van der Waals surface area contributed by atoms with E-state index in [0.717, 1.165) is 77.0 Å². The van der Waals surface area contributed by atoms with Gasteiger partial charge in [-0.05, 0) is 44.9 Å². The molecule has 79 heavy (non-hydrogen) atoms. The first kappa shape index (κ1) is 71.2. The van der Waals surface area contributed by atoms with Gasteiger partial charge in [0.1, 0.15) is 92.1 Å². The van der Waals surface area contributed by atoms with Gasteiger partial charge in [-0.3, -0.25) is 18.6 Å². The van der Waals surface area contributed by atoms with Gasteiger partial charge in [-0.1, -0.05) is 147 Å². The van der Waals surface area contributed by atoms with Crippen LogP contribution in [0, 0.1) is 0 Å². The number of phosphoric acid groups is 1. The second-order valence-electron chi connectivity index (χ2n) is 21.2. The SMILES string of the molecule is CCCCC/C=C\C/C=C\CCCCCCCC(=O)OC[C@H](COP(=O)(O)OC1C(O[C@@H]2OC(CO)[C@H](O)C(O)[C@@H]2O)C(O)C(O)C(O)[C@H]1O[C@H]1OC(CO)[C@@H](O)C(O)[C@H]1O)OC(=O)CCCCCCCCCCCCCCC. The van der Waals surface area contributed by atoms with Gasteiger partial charge in [0.05, 0.1) is 19.8 Å². The summed E-state index contributed by atoms with van der Waals surface area (Å²) < 4.78 is 58.1. The van der Waals surface area contributed by atoms with Crippen molar-refractivity contribution in [2.75, 3.05) is 26.4 Å². The fourth-order valence-electron chi connectivity index (χ4n) is 9.62. The Morgan fingerprint density at radius 3 is 1.33 bits per heavy atom. The van der Waals surface area contributed by atoms with Gasteiger partial charge in [-0.25, -0.2) is 4.57 Å². The summed E-state index contributed by atoms with van der Waals surface area (Å²) in [7, 11) is -5.64. The van der Waals surface area contributed by atoms with Crippen LogP contribution in [-0.4, -0.2) is 204 Å². The Bertz CT molecular complexity index is 1670. The lowest BCUT2D eigenvalue weighted by atomic mass is 9.84. The van der Waals surface area contributed by atoms with E-state index in [-0.39, 0.29) is 12.8 Å². The summed E-state index contributed by atoms with van der Waals surface area (Å²) in [4.78, 5) is 37.5. The summed E-state index contributed by atoms with van der Waals surface area (Å²) >= 11 is 0. The van der Waals surface area contributed by atoms with E-state index in [9.17, 15) is 75.2 Å². The number of esters is 2. The van der Waals surface area contributed by atoms with Gasteiger partial charge < -0.3 is 89.5 Å². The molecule has 23 nitrogen and oxygen atoms in total. The van der Waals surface area contributed by atoms with Gasteiger partial charge in [0.25, 0.3) is 0 Å². The van der Waals surface area contributed by atoms with Gasteiger partial charge >= 0.3 is 19.8 Å². The Balaban J connectivity index is 1.71. The first-order chi connectivity index (χ1) is 37.9. The Hall–Kier alpha value is -2.07. The lowest BCUT2D eigenvalue weighted by molar-refractivity contribution is -0.360. The standard InChI is InChI=1S/C55H99O23P/c1-3-5-7-9-11-13-15-17-18-20-21-23-25-27-29-31-40(58)71-35-37(73-41(59)32-30-28-26-24-22-19-16-14-12-10-8-6-4-2)36-72-79(69,70)78-53-51(76-54-49(67)44(62)42(60)38(33-56)74-54)47(65)46(64)48(66)52(53)77-55-50(68)45(63)43(61)39(34-57)75-55/h11,13,17-18,37-39,42-57,60-68H,3-10,12,14-16,19-36H2,1-2H3,(H,69,70)/b13-11-,18-17-/t37-,38?,39?,42-,43+,44?,45?,46?,47?,48?,49-,50+,51-,52?,53?,54-,55+/m1/s1. The number of ether oxygens (including phenoxy) is 6. The summed E-state index contributed by atoms with van der Waals surface area (Å²) in [6.45, 7) is 0.959. The van der Waals surface area contributed by atoms with Crippen molar-refractivity contribution in [2.45, 2.75) is 285 Å². The third-order valence-corrected chi connectivity index (χ3v) is 15.5. The molecule has 3 fully saturated rings. The topological polar surface area (TPSA) is 368 Å². The highest BCUT2D eigenvalue weighted by molar-refractivity contribution is 7.47. The van der Waals surface area contributed by atoms with Gasteiger partial charge in [-0.2, -0.15) is 0 Å². The molecule has 0 bridgehead atoms. The zero-order valence-electron chi connectivity index (χ0n) is 46.6. The van der Waals surface area contributed by atoms with Gasteiger partial charge in [0, 0.05) is 12.8 Å². The number of aliphatic hydroxyl groups excluding tert-OH is 11. The largest absolute Gasteiger partial charge is 0.472 e. The Labute approximate surface area is 466 Å². The molecule has 2 heterocycles. The van der Waals surface area contributed by atoms with Crippen LogP contribution in [0.1, 0.15) is 181 Å². The molecule has 3 aliphatic rings. The first-order valence-corrected chi connectivity index (χ1v) is 30.7. The highest BCUT2D eigenvalue weighted by atomic mass is 31.2. The van der Waals surface area contributed by atoms with E-state index in [0.29, 0.717) is 12.8 Å². The van der Waals surface area contributed by atoms with Crippen LogP contribution < -0.4 is 0 Å². The minimum Gasteiger partial charge on any atom is -0.462 e. The zero-order valence-corrected chi connectivity index (χ0v) is 47.5. The first-order valence-electron chi connectivity index (χ1n) is 29.2. The number of hydrogen-bond donors (Lipinski definition) is 12. The van der Waals surface area contributed by atoms with Crippen molar-refractivity contribution < 1.29 is 113 Å². The van der Waals surface area contributed by atoms with Crippen LogP contribution in [0.5, 0.6) is 0 Å². The molecule has 24 heteroatoms. The molecule has 1 aliphatic carbocycles. The van der Waals surface area contributed by atoms with Crippen LogP contribution in [0.15, 0.2) is 24.3 Å². The second kappa shape index (κ2) is 40.2. The molecule has 18 atom stereocenters. The summed E-state index contributed by atoms with van der Waals surface area (Å²) in [6.07, 6.45) is -1.22. The van der Waals surface area contributed by atoms with E-state index < -0.39 is 150 Å². The summed E-state index contributed by atoms with van der Waals surface area (Å²) in [5.74, 6) is -1.35. The van der Waals surface area contributed by atoms with E-state index in [1.807, 2.05) is 0 Å². The van der Waals surface area contributed by atoms with Crippen molar-refractivity contribution in [1.29, 1.82) is 0 Å². The maximum absolute atomic E-state index is 14.0. The molecule has 2 saturated heterocycles. The smallest absolute Gasteiger partial charge is 0.462 e. The number of carbonyl (C=O) groups excluding carboxylic acids is 2. The zero-order chi connectivity index (χ0) is 58.2. The van der Waals surface area contributed by atoms with Crippen molar-refractivity contribution in [1.82, 2.24) is 0 Å². The van der Waals surface area contributed by atoms with E-state index in [4.69, 9.17) is 37.5 Å². The van der Waals surface area contributed by atoms with Crippen LogP contribution in [0.3, 0.4) is 0 Å². The van der Waals surface area contributed by atoms with Crippen LogP contribution in [-0.2, 0) is 51.6 Å². The van der Waals surface area contributed by atoms with Crippen LogP contribution in [0.2, 0.25) is 0 Å². The van der Waals surface area contributed by atoms with Crippen molar-refractivity contribution in [3.63, 3.8) is 0 Å². The number of carbonyl (C=O) groups is 2. The van der Waals surface area contributed by atoms with Gasteiger partial charge in [-0.15, -0.1) is 0 Å². The minimum absolute atomic E-state index is 0.0322. The predicted octanol–water partition coefficient (Wildman–Crippen LogP) is 3.70. The molecule has 462 valence electrons. The fourth-order valence-corrected chi connectivity index (χ4v) is 10.6. The predicted molar refractivity (Wildman–Crippen MR) is 286 cm³/mol. The molecule has 3 rings (SSSR count). The maximum Gasteiger partial charge on any atom is 0.472 e. The Kier molecular flexibility index (Phi) is 36.3. The lowest BCUT2D eigenvalue weighted by Gasteiger charge is -2.49. The second-order valence-corrected chi connectivity index (χ2v) is 22.6. The van der Waals surface area contributed by atoms with E-state index in [2.05, 4.69) is 38.2 Å².